The van der Waals surface area contributed by atoms with E-state index < -0.39 is 0 Å². The molecule has 1 aromatic rings. The van der Waals surface area contributed by atoms with Gasteiger partial charge in [0.05, 0.1) is 11.4 Å². The molecule has 0 radical (unpaired) electrons. The van der Waals surface area contributed by atoms with Crippen molar-refractivity contribution in [2.24, 2.45) is 0 Å². The molecule has 1 aliphatic heterocycles. The van der Waals surface area contributed by atoms with Crippen molar-refractivity contribution in [1.82, 2.24) is 0 Å². The van der Waals surface area contributed by atoms with E-state index in [9.17, 15) is 4.79 Å². The molecular weight excluding hydrogens is 188 g/mol. The number of hydrogen-bond acceptors (Lipinski definition) is 2. The Bertz CT molecular complexity index is 412. The van der Waals surface area contributed by atoms with Gasteiger partial charge in [-0.3, -0.25) is 4.79 Å². The molecule has 1 aromatic carbocycles. The number of anilines is 2. The lowest BCUT2D eigenvalue weighted by molar-refractivity contribution is -0.117. The summed E-state index contributed by atoms with van der Waals surface area (Å²) in [6.45, 7) is 4.87. The lowest BCUT2D eigenvalue weighted by Crippen LogP contribution is -2.24. The SMILES string of the molecule is Cc1cc(N)c(N2CCCC2=O)cc1C. The Morgan fingerprint density at radius 1 is 1.27 bits per heavy atom. The summed E-state index contributed by atoms with van der Waals surface area (Å²) in [4.78, 5) is 13.4. The van der Waals surface area contributed by atoms with E-state index in [1.165, 1.54) is 11.1 Å². The first-order chi connectivity index (χ1) is 7.09. The summed E-state index contributed by atoms with van der Waals surface area (Å²) in [6, 6.07) is 3.95. The molecule has 0 saturated carbocycles. The van der Waals surface area contributed by atoms with Crippen molar-refractivity contribution in [3.05, 3.63) is 23.3 Å². The van der Waals surface area contributed by atoms with E-state index >= 15 is 0 Å². The van der Waals surface area contributed by atoms with E-state index in [-0.39, 0.29) is 5.91 Å². The number of aryl methyl sites for hydroxylation is 2. The highest BCUT2D eigenvalue weighted by molar-refractivity contribution is 5.98. The first-order valence-corrected chi connectivity index (χ1v) is 5.26. The molecule has 1 amide bonds. The van der Waals surface area contributed by atoms with Crippen molar-refractivity contribution < 1.29 is 4.79 Å². The fourth-order valence-corrected chi connectivity index (χ4v) is 1.96. The minimum atomic E-state index is 0.185. The van der Waals surface area contributed by atoms with Crippen LogP contribution in [0.5, 0.6) is 0 Å². The summed E-state index contributed by atoms with van der Waals surface area (Å²) in [7, 11) is 0. The van der Waals surface area contributed by atoms with Crippen molar-refractivity contribution >= 4 is 17.3 Å². The molecule has 15 heavy (non-hydrogen) atoms. The maximum absolute atomic E-state index is 11.6. The molecule has 0 bridgehead atoms. The average molecular weight is 204 g/mol. The van der Waals surface area contributed by atoms with Crippen LogP contribution in [0.3, 0.4) is 0 Å². The smallest absolute Gasteiger partial charge is 0.227 e. The van der Waals surface area contributed by atoms with Gasteiger partial charge in [0.1, 0.15) is 0 Å². The Morgan fingerprint density at radius 2 is 1.93 bits per heavy atom. The van der Waals surface area contributed by atoms with Gasteiger partial charge in [-0.15, -0.1) is 0 Å². The molecule has 1 aliphatic rings. The molecule has 1 saturated heterocycles. The molecule has 1 heterocycles. The van der Waals surface area contributed by atoms with E-state index in [2.05, 4.69) is 0 Å². The van der Waals surface area contributed by atoms with Crippen molar-refractivity contribution in [1.29, 1.82) is 0 Å². The van der Waals surface area contributed by atoms with E-state index in [1.807, 2.05) is 26.0 Å². The monoisotopic (exact) mass is 204 g/mol. The Hall–Kier alpha value is -1.51. The van der Waals surface area contributed by atoms with Crippen LogP contribution < -0.4 is 10.6 Å². The lowest BCUT2D eigenvalue weighted by atomic mass is 10.1. The molecule has 3 nitrogen and oxygen atoms in total. The second kappa shape index (κ2) is 3.57. The number of carbonyl (C=O) groups excluding carboxylic acids is 1. The van der Waals surface area contributed by atoms with Crippen molar-refractivity contribution in [3.63, 3.8) is 0 Å². The van der Waals surface area contributed by atoms with E-state index in [0.29, 0.717) is 12.1 Å². The first kappa shape index (κ1) is 10.0. The molecule has 2 rings (SSSR count). The predicted octanol–water partition coefficient (Wildman–Crippen LogP) is 2.01. The van der Waals surface area contributed by atoms with Gasteiger partial charge in [-0.25, -0.2) is 0 Å². The third-order valence-electron chi connectivity index (χ3n) is 3.01. The van der Waals surface area contributed by atoms with Crippen LogP contribution in [0.4, 0.5) is 11.4 Å². The lowest BCUT2D eigenvalue weighted by Gasteiger charge is -2.19. The van der Waals surface area contributed by atoms with Gasteiger partial charge in [-0.2, -0.15) is 0 Å². The maximum Gasteiger partial charge on any atom is 0.227 e. The predicted molar refractivity (Wildman–Crippen MR) is 61.9 cm³/mol. The highest BCUT2D eigenvalue weighted by Crippen LogP contribution is 2.29. The van der Waals surface area contributed by atoms with Crippen molar-refractivity contribution in [2.45, 2.75) is 26.7 Å². The second-order valence-electron chi connectivity index (χ2n) is 4.14. The van der Waals surface area contributed by atoms with Crippen LogP contribution in [0.1, 0.15) is 24.0 Å². The number of rotatable bonds is 1. The second-order valence-corrected chi connectivity index (χ2v) is 4.14. The van der Waals surface area contributed by atoms with Gasteiger partial charge in [-0.05, 0) is 43.5 Å². The topological polar surface area (TPSA) is 46.3 Å². The standard InChI is InChI=1S/C12H16N2O/c1-8-6-10(13)11(7-9(8)2)14-5-3-4-12(14)15/h6-7H,3-5,13H2,1-2H3. The first-order valence-electron chi connectivity index (χ1n) is 5.26. The van der Waals surface area contributed by atoms with Crippen LogP contribution in [0, 0.1) is 13.8 Å². The van der Waals surface area contributed by atoms with Gasteiger partial charge in [0, 0.05) is 13.0 Å². The molecule has 0 aliphatic carbocycles. The molecule has 3 heteroatoms. The van der Waals surface area contributed by atoms with Crippen LogP contribution in [-0.2, 0) is 4.79 Å². The number of benzene rings is 1. The minimum Gasteiger partial charge on any atom is -0.397 e. The van der Waals surface area contributed by atoms with Gasteiger partial charge in [0.2, 0.25) is 5.91 Å². The highest BCUT2D eigenvalue weighted by atomic mass is 16.2. The molecule has 0 aromatic heterocycles. The maximum atomic E-state index is 11.6. The number of nitrogen functional groups attached to an aromatic ring is 1. The van der Waals surface area contributed by atoms with E-state index in [1.54, 1.807) is 4.90 Å². The molecule has 0 spiro atoms. The van der Waals surface area contributed by atoms with Crippen LogP contribution in [-0.4, -0.2) is 12.5 Å². The van der Waals surface area contributed by atoms with Gasteiger partial charge in [0.15, 0.2) is 0 Å². The fraction of sp³-hybridized carbons (Fsp3) is 0.417. The normalized spacial score (nSPS) is 16.1. The van der Waals surface area contributed by atoms with Crippen molar-refractivity contribution in [3.8, 4) is 0 Å². The van der Waals surface area contributed by atoms with Gasteiger partial charge in [0.25, 0.3) is 0 Å². The van der Waals surface area contributed by atoms with Crippen LogP contribution in [0.25, 0.3) is 0 Å². The Kier molecular flexibility index (Phi) is 2.39. The summed E-state index contributed by atoms with van der Waals surface area (Å²) >= 11 is 0. The van der Waals surface area contributed by atoms with Gasteiger partial charge in [-0.1, -0.05) is 0 Å². The zero-order valence-corrected chi connectivity index (χ0v) is 9.21. The molecule has 1 fully saturated rings. The average Bonchev–Trinajstić information content (AvgIpc) is 2.58. The zero-order chi connectivity index (χ0) is 11.0. The van der Waals surface area contributed by atoms with Crippen LogP contribution in [0.2, 0.25) is 0 Å². The molecule has 0 atom stereocenters. The molecule has 0 unspecified atom stereocenters. The Morgan fingerprint density at radius 3 is 2.53 bits per heavy atom. The summed E-state index contributed by atoms with van der Waals surface area (Å²) in [5.74, 6) is 0.185. The summed E-state index contributed by atoms with van der Waals surface area (Å²) in [5, 5.41) is 0. The highest BCUT2D eigenvalue weighted by Gasteiger charge is 2.23. The number of carbonyl (C=O) groups is 1. The third-order valence-corrected chi connectivity index (χ3v) is 3.01. The number of amides is 1. The quantitative estimate of drug-likeness (QED) is 0.711. The number of nitrogens with zero attached hydrogens (tertiary/aromatic N) is 1. The largest absolute Gasteiger partial charge is 0.397 e. The summed E-state index contributed by atoms with van der Waals surface area (Å²) < 4.78 is 0. The fourth-order valence-electron chi connectivity index (χ4n) is 1.96. The molecule has 2 N–H and O–H groups in total. The van der Waals surface area contributed by atoms with Crippen molar-refractivity contribution in [2.75, 3.05) is 17.2 Å². The zero-order valence-electron chi connectivity index (χ0n) is 9.21. The third kappa shape index (κ3) is 1.69. The summed E-state index contributed by atoms with van der Waals surface area (Å²) in [5.41, 5.74) is 9.87. The minimum absolute atomic E-state index is 0.185. The van der Waals surface area contributed by atoms with E-state index in [4.69, 9.17) is 5.73 Å². The Balaban J connectivity index is 2.43. The Labute approximate surface area is 89.9 Å². The van der Waals surface area contributed by atoms with Gasteiger partial charge >= 0.3 is 0 Å². The van der Waals surface area contributed by atoms with Crippen LogP contribution in [0.15, 0.2) is 12.1 Å². The molecular formula is C12H16N2O. The van der Waals surface area contributed by atoms with Gasteiger partial charge < -0.3 is 10.6 Å². The number of hydrogen-bond donors (Lipinski definition) is 1. The number of nitrogens with two attached hydrogens (primary N) is 1. The summed E-state index contributed by atoms with van der Waals surface area (Å²) in [6.07, 6.45) is 1.58. The van der Waals surface area contributed by atoms with Crippen LogP contribution >= 0.6 is 0 Å². The molecule has 80 valence electrons. The van der Waals surface area contributed by atoms with E-state index in [0.717, 1.165) is 18.7 Å².